The van der Waals surface area contributed by atoms with E-state index in [1.165, 1.54) is 23.5 Å². The molecule has 118 valence electrons. The molecule has 7 nitrogen and oxygen atoms in total. The standard InChI is InChI=1S/C16H11N5O2S/c1-10-4-2-3-5-13(10)14-17-18-16-20(14)19-15(24-16)11-6-8-12(9-7-11)21(22)23/h2-9H,1H3. The second kappa shape index (κ2) is 5.50. The number of fused-ring (bicyclic) bond motifs is 1. The molecule has 0 saturated heterocycles. The molecule has 0 unspecified atom stereocenters. The summed E-state index contributed by atoms with van der Waals surface area (Å²) in [6, 6.07) is 14.2. The maximum atomic E-state index is 10.8. The number of nitro benzene ring substituents is 1. The van der Waals surface area contributed by atoms with Crippen LogP contribution in [0.25, 0.3) is 26.9 Å². The number of hydrogen-bond acceptors (Lipinski definition) is 6. The number of nitro groups is 1. The molecule has 0 bridgehead atoms. The van der Waals surface area contributed by atoms with E-state index in [0.717, 1.165) is 21.7 Å². The fourth-order valence-electron chi connectivity index (χ4n) is 2.45. The van der Waals surface area contributed by atoms with Crippen molar-refractivity contribution in [2.24, 2.45) is 0 Å². The van der Waals surface area contributed by atoms with Crippen LogP contribution in [0.1, 0.15) is 5.56 Å². The molecular weight excluding hydrogens is 326 g/mol. The lowest BCUT2D eigenvalue weighted by atomic mass is 10.1. The average Bonchev–Trinajstić information content (AvgIpc) is 3.16. The first kappa shape index (κ1) is 14.5. The minimum absolute atomic E-state index is 0.0577. The largest absolute Gasteiger partial charge is 0.269 e. The van der Waals surface area contributed by atoms with E-state index in [1.54, 1.807) is 16.6 Å². The van der Waals surface area contributed by atoms with Crippen LogP contribution < -0.4 is 0 Å². The van der Waals surface area contributed by atoms with Crippen molar-refractivity contribution in [3.05, 3.63) is 64.2 Å². The van der Waals surface area contributed by atoms with Gasteiger partial charge in [-0.2, -0.15) is 9.61 Å². The van der Waals surface area contributed by atoms with Gasteiger partial charge in [0.1, 0.15) is 5.01 Å². The number of hydrogen-bond donors (Lipinski definition) is 0. The molecule has 0 atom stereocenters. The minimum atomic E-state index is -0.418. The zero-order chi connectivity index (χ0) is 16.7. The number of nitrogens with zero attached hydrogens (tertiary/aromatic N) is 5. The highest BCUT2D eigenvalue weighted by Crippen LogP contribution is 2.29. The van der Waals surface area contributed by atoms with Crippen LogP contribution in [0.2, 0.25) is 0 Å². The lowest BCUT2D eigenvalue weighted by molar-refractivity contribution is -0.384. The molecule has 4 rings (SSSR count). The molecule has 2 heterocycles. The summed E-state index contributed by atoms with van der Waals surface area (Å²) in [5.41, 5.74) is 2.94. The van der Waals surface area contributed by atoms with E-state index < -0.39 is 4.92 Å². The fraction of sp³-hybridized carbons (Fsp3) is 0.0625. The highest BCUT2D eigenvalue weighted by molar-refractivity contribution is 7.19. The predicted octanol–water partition coefficient (Wildman–Crippen LogP) is 3.74. The van der Waals surface area contributed by atoms with Crippen molar-refractivity contribution in [2.75, 3.05) is 0 Å². The molecular formula is C16H11N5O2S. The normalized spacial score (nSPS) is 11.0. The maximum Gasteiger partial charge on any atom is 0.269 e. The number of benzene rings is 2. The molecule has 4 aromatic rings. The fourth-order valence-corrected chi connectivity index (χ4v) is 3.30. The molecule has 0 aliphatic rings. The monoisotopic (exact) mass is 337 g/mol. The number of rotatable bonds is 3. The summed E-state index contributed by atoms with van der Waals surface area (Å²) >= 11 is 1.39. The van der Waals surface area contributed by atoms with Crippen LogP contribution in [0, 0.1) is 17.0 Å². The quantitative estimate of drug-likeness (QED) is 0.420. The smallest absolute Gasteiger partial charge is 0.258 e. The second-order valence-electron chi connectivity index (χ2n) is 5.24. The molecule has 0 saturated carbocycles. The van der Waals surface area contributed by atoms with Crippen LogP contribution in [0.3, 0.4) is 0 Å². The van der Waals surface area contributed by atoms with Gasteiger partial charge in [0.25, 0.3) is 5.69 Å². The van der Waals surface area contributed by atoms with Crippen molar-refractivity contribution < 1.29 is 4.92 Å². The van der Waals surface area contributed by atoms with E-state index in [2.05, 4.69) is 15.3 Å². The highest BCUT2D eigenvalue weighted by atomic mass is 32.1. The van der Waals surface area contributed by atoms with Gasteiger partial charge in [-0.25, -0.2) is 0 Å². The Hall–Kier alpha value is -3.13. The predicted molar refractivity (Wildman–Crippen MR) is 90.9 cm³/mol. The summed E-state index contributed by atoms with van der Waals surface area (Å²) < 4.78 is 1.71. The van der Waals surface area contributed by atoms with Crippen molar-refractivity contribution in [3.63, 3.8) is 0 Å². The van der Waals surface area contributed by atoms with E-state index in [4.69, 9.17) is 0 Å². The van der Waals surface area contributed by atoms with Crippen LogP contribution >= 0.6 is 11.3 Å². The van der Waals surface area contributed by atoms with Gasteiger partial charge < -0.3 is 0 Å². The van der Waals surface area contributed by atoms with Crippen LogP contribution in [0.5, 0.6) is 0 Å². The van der Waals surface area contributed by atoms with Gasteiger partial charge in [-0.15, -0.1) is 10.2 Å². The topological polar surface area (TPSA) is 86.2 Å². The van der Waals surface area contributed by atoms with E-state index >= 15 is 0 Å². The average molecular weight is 337 g/mol. The Morgan fingerprint density at radius 1 is 1.08 bits per heavy atom. The number of non-ortho nitro benzene ring substituents is 1. The summed E-state index contributed by atoms with van der Waals surface area (Å²) in [5.74, 6) is 0.688. The Bertz CT molecular complexity index is 1050. The van der Waals surface area contributed by atoms with Crippen LogP contribution in [-0.2, 0) is 0 Å². The van der Waals surface area contributed by atoms with Gasteiger partial charge in [-0.3, -0.25) is 10.1 Å². The van der Waals surface area contributed by atoms with Crippen LogP contribution in [-0.4, -0.2) is 24.7 Å². The molecule has 2 aromatic carbocycles. The van der Waals surface area contributed by atoms with Crippen molar-refractivity contribution in [1.82, 2.24) is 19.8 Å². The second-order valence-corrected chi connectivity index (χ2v) is 6.20. The summed E-state index contributed by atoms with van der Waals surface area (Å²) in [6.07, 6.45) is 0. The number of aromatic nitrogens is 4. The van der Waals surface area contributed by atoms with Gasteiger partial charge >= 0.3 is 0 Å². The summed E-state index contributed by atoms with van der Waals surface area (Å²) in [6.45, 7) is 2.01. The zero-order valence-electron chi connectivity index (χ0n) is 12.6. The Labute approximate surface area is 140 Å². The first-order valence-corrected chi connectivity index (χ1v) is 7.98. The van der Waals surface area contributed by atoms with Gasteiger partial charge in [-0.1, -0.05) is 35.6 Å². The summed E-state index contributed by atoms with van der Waals surface area (Å²) in [7, 11) is 0. The lowest BCUT2D eigenvalue weighted by Crippen LogP contribution is -1.93. The molecule has 0 aliphatic heterocycles. The van der Waals surface area contributed by atoms with Crippen molar-refractivity contribution in [2.45, 2.75) is 6.92 Å². The van der Waals surface area contributed by atoms with E-state index in [-0.39, 0.29) is 5.69 Å². The third-order valence-corrected chi connectivity index (χ3v) is 4.65. The molecule has 2 aromatic heterocycles. The third kappa shape index (κ3) is 2.33. The van der Waals surface area contributed by atoms with Crippen LogP contribution in [0.15, 0.2) is 48.5 Å². The Kier molecular flexibility index (Phi) is 3.31. The Morgan fingerprint density at radius 3 is 2.54 bits per heavy atom. The SMILES string of the molecule is Cc1ccccc1-c1nnc2sc(-c3ccc([N+](=O)[O-])cc3)nn12. The van der Waals surface area contributed by atoms with Gasteiger partial charge in [0, 0.05) is 23.3 Å². The van der Waals surface area contributed by atoms with Gasteiger partial charge in [-0.05, 0) is 24.6 Å². The molecule has 0 spiro atoms. The first-order valence-electron chi connectivity index (χ1n) is 7.16. The Balaban J connectivity index is 1.80. The van der Waals surface area contributed by atoms with Gasteiger partial charge in [0.15, 0.2) is 5.82 Å². The zero-order valence-corrected chi connectivity index (χ0v) is 13.4. The molecule has 8 heteroatoms. The van der Waals surface area contributed by atoms with E-state index in [0.29, 0.717) is 10.8 Å². The molecule has 0 N–H and O–H groups in total. The molecule has 0 amide bonds. The summed E-state index contributed by atoms with van der Waals surface area (Å²) in [5, 5.41) is 24.5. The molecule has 0 aliphatic carbocycles. The molecule has 0 radical (unpaired) electrons. The first-order chi connectivity index (χ1) is 11.6. The minimum Gasteiger partial charge on any atom is -0.258 e. The Morgan fingerprint density at radius 2 is 1.83 bits per heavy atom. The maximum absolute atomic E-state index is 10.8. The van der Waals surface area contributed by atoms with Crippen molar-refractivity contribution in [1.29, 1.82) is 0 Å². The molecule has 0 fully saturated rings. The third-order valence-electron chi connectivity index (χ3n) is 3.70. The highest BCUT2D eigenvalue weighted by Gasteiger charge is 2.16. The van der Waals surface area contributed by atoms with Crippen molar-refractivity contribution in [3.8, 4) is 22.0 Å². The van der Waals surface area contributed by atoms with Crippen molar-refractivity contribution >= 4 is 22.0 Å². The lowest BCUT2D eigenvalue weighted by Gasteiger charge is -2.01. The van der Waals surface area contributed by atoms with Crippen LogP contribution in [0.4, 0.5) is 5.69 Å². The number of aryl methyl sites for hydroxylation is 1. The summed E-state index contributed by atoms with van der Waals surface area (Å²) in [4.78, 5) is 11.0. The molecule has 24 heavy (non-hydrogen) atoms. The van der Waals surface area contributed by atoms with Gasteiger partial charge in [0.2, 0.25) is 4.96 Å². The van der Waals surface area contributed by atoms with E-state index in [9.17, 15) is 10.1 Å². The van der Waals surface area contributed by atoms with Gasteiger partial charge in [0.05, 0.1) is 4.92 Å². The van der Waals surface area contributed by atoms with E-state index in [1.807, 2.05) is 31.2 Å².